The van der Waals surface area contributed by atoms with E-state index in [0.29, 0.717) is 0 Å². The molecule has 0 aliphatic heterocycles. The van der Waals surface area contributed by atoms with E-state index in [-0.39, 0.29) is 24.1 Å². The first-order valence-corrected chi connectivity index (χ1v) is 6.19. The Morgan fingerprint density at radius 1 is 1.33 bits per heavy atom. The molecule has 1 aromatic carbocycles. The van der Waals surface area contributed by atoms with E-state index in [1.165, 1.54) is 0 Å². The number of carbonyl (C=O) groups excluding carboxylic acids is 1. The van der Waals surface area contributed by atoms with Gasteiger partial charge < -0.3 is 10.8 Å². The Morgan fingerprint density at radius 2 is 1.94 bits per heavy atom. The zero-order valence-electron chi connectivity index (χ0n) is 9.08. The number of carboxylic acids is 1. The summed E-state index contributed by atoms with van der Waals surface area (Å²) in [6.07, 6.45) is -0.580. The Labute approximate surface area is 103 Å². The second-order valence-corrected chi connectivity index (χ2v) is 4.85. The van der Waals surface area contributed by atoms with Gasteiger partial charge in [0.05, 0.1) is 12.1 Å². The highest BCUT2D eigenvalue weighted by Gasteiger charge is 2.16. The van der Waals surface area contributed by atoms with Crippen LogP contribution >= 0.6 is 0 Å². The largest absolute Gasteiger partial charge is 0.481 e. The molecule has 0 amide bonds. The van der Waals surface area contributed by atoms with Gasteiger partial charge in [-0.15, -0.1) is 0 Å². The molecule has 1 aromatic rings. The van der Waals surface area contributed by atoms with Crippen LogP contribution in [-0.2, 0) is 14.9 Å². The molecule has 0 heterocycles. The van der Waals surface area contributed by atoms with Gasteiger partial charge in [0.15, 0.2) is 5.78 Å². The van der Waals surface area contributed by atoms with Gasteiger partial charge in [-0.2, -0.15) is 8.42 Å². The van der Waals surface area contributed by atoms with Crippen LogP contribution in [0.2, 0.25) is 0 Å². The lowest BCUT2D eigenvalue weighted by atomic mass is 10.1. The van der Waals surface area contributed by atoms with E-state index in [2.05, 4.69) is 6.07 Å². The Hall–Kier alpha value is -1.93. The molecule has 0 bridgehead atoms. The molecule has 0 unspecified atom stereocenters. The number of carboxylic acid groups (broad SMARTS) is 1. The standard InChI is InChI=1S/C10H10NO6S/c11-7-5-6(8(12)2-4-10(13)14)1-3-9(7)18(15,16)17/h3,5H,2,4,11H2,(H,13,14)(H,15,16,17). The van der Waals surface area contributed by atoms with Gasteiger partial charge in [-0.3, -0.25) is 14.1 Å². The number of ketones is 1. The first kappa shape index (κ1) is 14.1. The zero-order chi connectivity index (χ0) is 13.9. The summed E-state index contributed by atoms with van der Waals surface area (Å²) < 4.78 is 30.5. The number of hydrogen-bond donors (Lipinski definition) is 3. The van der Waals surface area contributed by atoms with Gasteiger partial charge >= 0.3 is 5.97 Å². The highest BCUT2D eigenvalue weighted by molar-refractivity contribution is 7.86. The van der Waals surface area contributed by atoms with Gasteiger partial charge in [0, 0.05) is 12.0 Å². The number of aliphatic carboxylic acids is 1. The van der Waals surface area contributed by atoms with Crippen molar-refractivity contribution in [1.29, 1.82) is 0 Å². The maximum atomic E-state index is 11.5. The zero-order valence-corrected chi connectivity index (χ0v) is 9.90. The topological polar surface area (TPSA) is 135 Å². The fourth-order valence-electron chi connectivity index (χ4n) is 1.23. The van der Waals surface area contributed by atoms with Crippen LogP contribution in [0.15, 0.2) is 17.0 Å². The van der Waals surface area contributed by atoms with Crippen LogP contribution in [0.25, 0.3) is 0 Å². The minimum atomic E-state index is -4.46. The lowest BCUT2D eigenvalue weighted by Gasteiger charge is -2.04. The van der Waals surface area contributed by atoms with Crippen molar-refractivity contribution in [3.63, 3.8) is 0 Å². The number of hydrogen-bond acceptors (Lipinski definition) is 5. The molecule has 0 aliphatic carbocycles. The highest BCUT2D eigenvalue weighted by atomic mass is 32.2. The van der Waals surface area contributed by atoms with E-state index in [1.54, 1.807) is 0 Å². The molecular weight excluding hydrogens is 262 g/mol. The van der Waals surface area contributed by atoms with Gasteiger partial charge in [0.1, 0.15) is 4.90 Å². The quantitative estimate of drug-likeness (QED) is 0.400. The van der Waals surface area contributed by atoms with Gasteiger partial charge in [0.25, 0.3) is 10.1 Å². The number of anilines is 1. The van der Waals surface area contributed by atoms with E-state index in [9.17, 15) is 18.0 Å². The lowest BCUT2D eigenvalue weighted by Crippen LogP contribution is -2.07. The predicted octanol–water partition coefficient (Wildman–Crippen LogP) is 0.363. The molecule has 0 spiro atoms. The van der Waals surface area contributed by atoms with Crippen molar-refractivity contribution in [2.45, 2.75) is 17.7 Å². The predicted molar refractivity (Wildman–Crippen MR) is 60.7 cm³/mol. The number of Topliss-reactive ketones (excluding diaryl/α,β-unsaturated/α-hetero) is 1. The van der Waals surface area contributed by atoms with Gasteiger partial charge in [-0.25, -0.2) is 0 Å². The average molecular weight is 272 g/mol. The second kappa shape index (κ2) is 5.15. The van der Waals surface area contributed by atoms with Crippen molar-refractivity contribution in [3.8, 4) is 0 Å². The first-order chi connectivity index (χ1) is 8.21. The van der Waals surface area contributed by atoms with Crippen molar-refractivity contribution in [2.24, 2.45) is 0 Å². The molecule has 7 nitrogen and oxygen atoms in total. The molecule has 0 aromatic heterocycles. The molecule has 0 saturated heterocycles. The summed E-state index contributed by atoms with van der Waals surface area (Å²) >= 11 is 0. The summed E-state index contributed by atoms with van der Waals surface area (Å²) in [5, 5.41) is 8.42. The number of benzene rings is 1. The summed E-state index contributed by atoms with van der Waals surface area (Å²) in [6.45, 7) is 0. The molecular formula is C10H10NO6S. The molecule has 4 N–H and O–H groups in total. The molecule has 1 rings (SSSR count). The third-order valence-corrected chi connectivity index (χ3v) is 3.00. The van der Waals surface area contributed by atoms with Crippen LogP contribution in [0, 0.1) is 6.07 Å². The minimum Gasteiger partial charge on any atom is -0.481 e. The molecule has 8 heteroatoms. The van der Waals surface area contributed by atoms with Crippen LogP contribution in [-0.4, -0.2) is 29.8 Å². The number of nitrogen functional groups attached to an aromatic ring is 1. The van der Waals surface area contributed by atoms with Crippen LogP contribution in [0.1, 0.15) is 23.2 Å². The Kier molecular flexibility index (Phi) is 4.04. The molecule has 0 aliphatic rings. The Bertz CT molecular complexity index is 592. The molecule has 0 saturated carbocycles. The van der Waals surface area contributed by atoms with Gasteiger partial charge in [-0.05, 0) is 18.2 Å². The number of carbonyl (C=O) groups is 2. The van der Waals surface area contributed by atoms with Crippen molar-refractivity contribution in [2.75, 3.05) is 5.73 Å². The summed E-state index contributed by atoms with van der Waals surface area (Å²) in [6, 6.07) is 4.25. The van der Waals surface area contributed by atoms with E-state index in [1.807, 2.05) is 0 Å². The highest BCUT2D eigenvalue weighted by Crippen LogP contribution is 2.20. The van der Waals surface area contributed by atoms with E-state index in [4.69, 9.17) is 15.4 Å². The summed E-state index contributed by atoms with van der Waals surface area (Å²) in [5.74, 6) is -1.64. The third kappa shape index (κ3) is 3.54. The van der Waals surface area contributed by atoms with Crippen molar-refractivity contribution < 1.29 is 27.7 Å². The fraction of sp³-hybridized carbons (Fsp3) is 0.200. The lowest BCUT2D eigenvalue weighted by molar-refractivity contribution is -0.136. The second-order valence-electron chi connectivity index (χ2n) is 3.46. The molecule has 1 radical (unpaired) electrons. The van der Waals surface area contributed by atoms with Crippen LogP contribution < -0.4 is 5.73 Å². The Balaban J connectivity index is 2.98. The van der Waals surface area contributed by atoms with Crippen molar-refractivity contribution >= 4 is 27.6 Å². The fourth-order valence-corrected chi connectivity index (χ4v) is 1.80. The normalized spacial score (nSPS) is 11.2. The van der Waals surface area contributed by atoms with Crippen molar-refractivity contribution in [1.82, 2.24) is 0 Å². The molecule has 0 fully saturated rings. The molecule has 97 valence electrons. The third-order valence-electron chi connectivity index (χ3n) is 2.09. The van der Waals surface area contributed by atoms with E-state index >= 15 is 0 Å². The molecule has 18 heavy (non-hydrogen) atoms. The van der Waals surface area contributed by atoms with Crippen molar-refractivity contribution in [3.05, 3.63) is 23.8 Å². The summed E-state index contributed by atoms with van der Waals surface area (Å²) in [4.78, 5) is 21.2. The number of rotatable bonds is 5. The van der Waals surface area contributed by atoms with E-state index < -0.39 is 26.8 Å². The molecule has 0 atom stereocenters. The smallest absolute Gasteiger partial charge is 0.303 e. The summed E-state index contributed by atoms with van der Waals surface area (Å²) in [5.41, 5.74) is 5.05. The SMILES string of the molecule is Nc1cc(C(=O)CCC(=O)O)[c]cc1S(=O)(=O)O. The van der Waals surface area contributed by atoms with Crippen LogP contribution in [0.5, 0.6) is 0 Å². The van der Waals surface area contributed by atoms with Gasteiger partial charge in [0.2, 0.25) is 0 Å². The minimum absolute atomic E-state index is 0.0267. The van der Waals surface area contributed by atoms with E-state index in [0.717, 1.165) is 12.1 Å². The number of nitrogens with two attached hydrogens (primary N) is 1. The maximum absolute atomic E-state index is 11.5. The summed E-state index contributed by atoms with van der Waals surface area (Å²) in [7, 11) is -4.46. The maximum Gasteiger partial charge on any atom is 0.303 e. The van der Waals surface area contributed by atoms with Gasteiger partial charge in [-0.1, -0.05) is 0 Å². The Morgan fingerprint density at radius 3 is 2.39 bits per heavy atom. The van der Waals surface area contributed by atoms with Crippen LogP contribution in [0.3, 0.4) is 0 Å². The first-order valence-electron chi connectivity index (χ1n) is 4.75. The average Bonchev–Trinajstić information content (AvgIpc) is 2.23. The van der Waals surface area contributed by atoms with Crippen LogP contribution in [0.4, 0.5) is 5.69 Å². The monoisotopic (exact) mass is 272 g/mol.